The summed E-state index contributed by atoms with van der Waals surface area (Å²) in [6.45, 7) is 4.53. The summed E-state index contributed by atoms with van der Waals surface area (Å²) in [5.74, 6) is 0. The number of nitrogens with zero attached hydrogens (tertiary/aromatic N) is 2. The number of aliphatic hydroxyl groups is 1. The Hall–Kier alpha value is -0.170. The number of hydrogen-bond acceptors (Lipinski definition) is 4. The van der Waals surface area contributed by atoms with Gasteiger partial charge >= 0.3 is 0 Å². The van der Waals surface area contributed by atoms with E-state index in [2.05, 4.69) is 4.90 Å². The van der Waals surface area contributed by atoms with Crippen LogP contribution in [0, 0.1) is 0 Å². The van der Waals surface area contributed by atoms with Crippen molar-refractivity contribution in [3.8, 4) is 0 Å². The van der Waals surface area contributed by atoms with Crippen molar-refractivity contribution < 1.29 is 13.5 Å². The molecular formula is C8H18N2O3S. The number of piperazine rings is 1. The highest BCUT2D eigenvalue weighted by Crippen LogP contribution is 2.08. The first-order valence-electron chi connectivity index (χ1n) is 4.75. The average molecular weight is 222 g/mol. The predicted octanol–water partition coefficient (Wildman–Crippen LogP) is -1.06. The fraction of sp³-hybridized carbons (Fsp3) is 1.00. The highest BCUT2D eigenvalue weighted by Gasteiger charge is 2.25. The SMILES string of the molecule is C[C@H](CO)N1CCN(S(C)(=O)=O)CC1. The lowest BCUT2D eigenvalue weighted by Gasteiger charge is -2.36. The van der Waals surface area contributed by atoms with Crippen LogP contribution < -0.4 is 0 Å². The van der Waals surface area contributed by atoms with Gasteiger partial charge in [-0.25, -0.2) is 8.42 Å². The van der Waals surface area contributed by atoms with Gasteiger partial charge in [-0.05, 0) is 6.92 Å². The van der Waals surface area contributed by atoms with E-state index in [1.165, 1.54) is 10.6 Å². The summed E-state index contributed by atoms with van der Waals surface area (Å²) in [4.78, 5) is 2.10. The first kappa shape index (κ1) is 11.9. The van der Waals surface area contributed by atoms with Crippen molar-refractivity contribution in [3.05, 3.63) is 0 Å². The van der Waals surface area contributed by atoms with E-state index in [0.29, 0.717) is 26.2 Å². The quantitative estimate of drug-likeness (QED) is 0.661. The van der Waals surface area contributed by atoms with Crippen LogP contribution in [0.1, 0.15) is 6.92 Å². The van der Waals surface area contributed by atoms with Crippen LogP contribution in [0.2, 0.25) is 0 Å². The van der Waals surface area contributed by atoms with E-state index in [0.717, 1.165) is 0 Å². The molecule has 1 fully saturated rings. The monoisotopic (exact) mass is 222 g/mol. The molecule has 0 bridgehead atoms. The Balaban J connectivity index is 2.47. The Morgan fingerprint density at radius 3 is 2.14 bits per heavy atom. The molecule has 0 amide bonds. The minimum absolute atomic E-state index is 0.122. The van der Waals surface area contributed by atoms with Crippen LogP contribution >= 0.6 is 0 Å². The van der Waals surface area contributed by atoms with Crippen LogP contribution in [0.25, 0.3) is 0 Å². The summed E-state index contributed by atoms with van der Waals surface area (Å²) in [6.07, 6.45) is 1.23. The fourth-order valence-electron chi connectivity index (χ4n) is 1.59. The van der Waals surface area contributed by atoms with Crippen molar-refractivity contribution in [2.24, 2.45) is 0 Å². The van der Waals surface area contributed by atoms with E-state index in [4.69, 9.17) is 5.11 Å². The standard InChI is InChI=1S/C8H18N2O3S/c1-8(7-11)9-3-5-10(6-4-9)14(2,12)13/h8,11H,3-7H2,1-2H3/t8-/m1/s1. The van der Waals surface area contributed by atoms with Crippen LogP contribution in [0.15, 0.2) is 0 Å². The molecule has 1 N–H and O–H groups in total. The Labute approximate surface area is 85.4 Å². The zero-order valence-corrected chi connectivity index (χ0v) is 9.50. The predicted molar refractivity (Wildman–Crippen MR) is 54.5 cm³/mol. The summed E-state index contributed by atoms with van der Waals surface area (Å²) < 4.78 is 23.9. The van der Waals surface area contributed by atoms with Gasteiger partial charge in [0.25, 0.3) is 0 Å². The molecule has 1 aliphatic heterocycles. The lowest BCUT2D eigenvalue weighted by molar-refractivity contribution is 0.100. The molecule has 0 spiro atoms. The van der Waals surface area contributed by atoms with Gasteiger partial charge in [-0.2, -0.15) is 4.31 Å². The summed E-state index contributed by atoms with van der Waals surface area (Å²) in [5, 5.41) is 8.94. The molecule has 14 heavy (non-hydrogen) atoms. The molecule has 1 heterocycles. The number of rotatable bonds is 3. The molecule has 0 aromatic heterocycles. The Kier molecular flexibility index (Phi) is 3.88. The maximum Gasteiger partial charge on any atom is 0.211 e. The van der Waals surface area contributed by atoms with Gasteiger partial charge in [0, 0.05) is 32.2 Å². The minimum Gasteiger partial charge on any atom is -0.395 e. The first-order chi connectivity index (χ1) is 6.45. The second-order valence-electron chi connectivity index (χ2n) is 3.73. The Morgan fingerprint density at radius 2 is 1.79 bits per heavy atom. The summed E-state index contributed by atoms with van der Waals surface area (Å²) >= 11 is 0. The third-order valence-electron chi connectivity index (χ3n) is 2.63. The molecule has 0 unspecified atom stereocenters. The summed E-state index contributed by atoms with van der Waals surface area (Å²) in [6, 6.07) is 0.122. The molecule has 1 rings (SSSR count). The van der Waals surface area contributed by atoms with Gasteiger partial charge in [0.05, 0.1) is 12.9 Å². The Bertz CT molecular complexity index is 270. The van der Waals surface area contributed by atoms with E-state index in [1.807, 2.05) is 6.92 Å². The van der Waals surface area contributed by atoms with E-state index >= 15 is 0 Å². The fourth-order valence-corrected chi connectivity index (χ4v) is 2.42. The lowest BCUT2D eigenvalue weighted by Crippen LogP contribution is -2.51. The highest BCUT2D eigenvalue weighted by molar-refractivity contribution is 7.88. The minimum atomic E-state index is -3.04. The molecule has 1 aliphatic rings. The molecule has 6 heteroatoms. The zero-order chi connectivity index (χ0) is 10.8. The molecule has 5 nitrogen and oxygen atoms in total. The van der Waals surface area contributed by atoms with Gasteiger partial charge in [-0.1, -0.05) is 0 Å². The van der Waals surface area contributed by atoms with Gasteiger partial charge < -0.3 is 5.11 Å². The van der Waals surface area contributed by atoms with Crippen molar-refractivity contribution in [2.75, 3.05) is 39.0 Å². The average Bonchev–Trinajstić information content (AvgIpc) is 2.15. The number of sulfonamides is 1. The van der Waals surface area contributed by atoms with E-state index < -0.39 is 10.0 Å². The largest absolute Gasteiger partial charge is 0.395 e. The van der Waals surface area contributed by atoms with E-state index in [1.54, 1.807) is 0 Å². The molecule has 1 atom stereocenters. The first-order valence-corrected chi connectivity index (χ1v) is 6.60. The molecule has 0 aromatic carbocycles. The summed E-state index contributed by atoms with van der Waals surface area (Å²) in [7, 11) is -3.04. The molecule has 0 aromatic rings. The third-order valence-corrected chi connectivity index (χ3v) is 3.93. The Morgan fingerprint density at radius 1 is 1.29 bits per heavy atom. The number of aliphatic hydroxyl groups excluding tert-OH is 1. The molecule has 0 radical (unpaired) electrons. The van der Waals surface area contributed by atoms with Gasteiger partial charge in [0.2, 0.25) is 10.0 Å². The molecule has 0 aliphatic carbocycles. The molecule has 1 saturated heterocycles. The second-order valence-corrected chi connectivity index (χ2v) is 5.71. The van der Waals surface area contributed by atoms with Crippen molar-refractivity contribution >= 4 is 10.0 Å². The normalized spacial score (nSPS) is 23.6. The molecule has 84 valence electrons. The third kappa shape index (κ3) is 2.91. The van der Waals surface area contributed by atoms with Crippen molar-refractivity contribution in [1.29, 1.82) is 0 Å². The van der Waals surface area contributed by atoms with Crippen LogP contribution in [-0.4, -0.2) is 67.8 Å². The van der Waals surface area contributed by atoms with Crippen LogP contribution in [0.4, 0.5) is 0 Å². The molecular weight excluding hydrogens is 204 g/mol. The zero-order valence-electron chi connectivity index (χ0n) is 8.68. The van der Waals surface area contributed by atoms with Gasteiger partial charge in [-0.3, -0.25) is 4.90 Å². The van der Waals surface area contributed by atoms with Gasteiger partial charge in [0.15, 0.2) is 0 Å². The van der Waals surface area contributed by atoms with Crippen molar-refractivity contribution in [3.63, 3.8) is 0 Å². The topological polar surface area (TPSA) is 60.9 Å². The maximum absolute atomic E-state index is 11.2. The van der Waals surface area contributed by atoms with Crippen LogP contribution in [0.3, 0.4) is 0 Å². The van der Waals surface area contributed by atoms with Crippen molar-refractivity contribution in [2.45, 2.75) is 13.0 Å². The van der Waals surface area contributed by atoms with E-state index in [-0.39, 0.29) is 12.6 Å². The van der Waals surface area contributed by atoms with Crippen LogP contribution in [-0.2, 0) is 10.0 Å². The molecule has 0 saturated carbocycles. The van der Waals surface area contributed by atoms with E-state index in [9.17, 15) is 8.42 Å². The maximum atomic E-state index is 11.2. The van der Waals surface area contributed by atoms with Gasteiger partial charge in [-0.15, -0.1) is 0 Å². The van der Waals surface area contributed by atoms with Crippen molar-refractivity contribution in [1.82, 2.24) is 9.21 Å². The second kappa shape index (κ2) is 4.57. The lowest BCUT2D eigenvalue weighted by atomic mass is 10.2. The highest BCUT2D eigenvalue weighted by atomic mass is 32.2. The van der Waals surface area contributed by atoms with Gasteiger partial charge in [0.1, 0.15) is 0 Å². The van der Waals surface area contributed by atoms with Crippen LogP contribution in [0.5, 0.6) is 0 Å². The number of hydrogen-bond donors (Lipinski definition) is 1. The summed E-state index contributed by atoms with van der Waals surface area (Å²) in [5.41, 5.74) is 0. The smallest absolute Gasteiger partial charge is 0.211 e.